The van der Waals surface area contributed by atoms with Gasteiger partial charge in [0.1, 0.15) is 5.69 Å². The number of aromatic nitrogens is 1. The zero-order valence-corrected chi connectivity index (χ0v) is 14.1. The van der Waals surface area contributed by atoms with Crippen molar-refractivity contribution in [1.29, 1.82) is 0 Å². The Kier molecular flexibility index (Phi) is 5.16. The molecule has 4 nitrogen and oxygen atoms in total. The van der Waals surface area contributed by atoms with Crippen molar-refractivity contribution < 1.29 is 9.90 Å². The number of hydrogen-bond acceptors (Lipinski definition) is 2. The summed E-state index contributed by atoms with van der Waals surface area (Å²) in [6, 6.07) is 5.14. The van der Waals surface area contributed by atoms with Crippen LogP contribution < -0.4 is 5.32 Å². The lowest BCUT2D eigenvalue weighted by molar-refractivity contribution is 0.0945. The van der Waals surface area contributed by atoms with Gasteiger partial charge in [-0.2, -0.15) is 0 Å². The van der Waals surface area contributed by atoms with Crippen molar-refractivity contribution in [1.82, 2.24) is 10.3 Å². The van der Waals surface area contributed by atoms with Crippen LogP contribution in [0.3, 0.4) is 0 Å². The van der Waals surface area contributed by atoms with E-state index in [1.165, 1.54) is 0 Å². The van der Waals surface area contributed by atoms with E-state index in [1.54, 1.807) is 25.1 Å². The van der Waals surface area contributed by atoms with Crippen molar-refractivity contribution in [2.45, 2.75) is 33.4 Å². The molecule has 0 saturated carbocycles. The summed E-state index contributed by atoms with van der Waals surface area (Å²) in [5.41, 5.74) is 3.55. The number of amides is 1. The van der Waals surface area contributed by atoms with Crippen LogP contribution in [0.15, 0.2) is 18.2 Å². The Labute approximate surface area is 139 Å². The fourth-order valence-electron chi connectivity index (χ4n) is 2.55. The molecule has 118 valence electrons. The number of benzene rings is 1. The van der Waals surface area contributed by atoms with E-state index >= 15 is 0 Å². The first-order valence-electron chi connectivity index (χ1n) is 6.90. The van der Waals surface area contributed by atoms with Crippen molar-refractivity contribution in [3.05, 3.63) is 56.3 Å². The molecule has 0 radical (unpaired) electrons. The van der Waals surface area contributed by atoms with Crippen molar-refractivity contribution in [2.24, 2.45) is 0 Å². The van der Waals surface area contributed by atoms with Crippen molar-refractivity contribution >= 4 is 29.1 Å². The van der Waals surface area contributed by atoms with Gasteiger partial charge < -0.3 is 15.4 Å². The van der Waals surface area contributed by atoms with E-state index < -0.39 is 6.10 Å². The molecular weight excluding hydrogens is 323 g/mol. The zero-order chi connectivity index (χ0) is 16.4. The Balaban J connectivity index is 2.15. The minimum absolute atomic E-state index is 0.237. The third-order valence-corrected chi connectivity index (χ3v) is 4.18. The Morgan fingerprint density at radius 2 is 2.05 bits per heavy atom. The van der Waals surface area contributed by atoms with Gasteiger partial charge in [-0.05, 0) is 44.0 Å². The highest BCUT2D eigenvalue weighted by atomic mass is 35.5. The van der Waals surface area contributed by atoms with Gasteiger partial charge >= 0.3 is 0 Å². The Morgan fingerprint density at radius 3 is 2.59 bits per heavy atom. The SMILES string of the molecule is Cc1[nH]c(C(=O)NCc2ccc(Cl)cc2Cl)c(C)c1[C@H](C)O. The summed E-state index contributed by atoms with van der Waals surface area (Å²) in [7, 11) is 0. The summed E-state index contributed by atoms with van der Waals surface area (Å²) in [6.45, 7) is 5.63. The van der Waals surface area contributed by atoms with E-state index in [-0.39, 0.29) is 5.91 Å². The Hall–Kier alpha value is -1.49. The van der Waals surface area contributed by atoms with E-state index in [0.29, 0.717) is 22.3 Å². The molecule has 0 bridgehead atoms. The number of nitrogens with one attached hydrogen (secondary N) is 2. The van der Waals surface area contributed by atoms with Crippen LogP contribution in [-0.2, 0) is 6.54 Å². The number of aliphatic hydroxyl groups excluding tert-OH is 1. The molecule has 1 aromatic carbocycles. The van der Waals surface area contributed by atoms with Crippen LogP contribution in [-0.4, -0.2) is 16.0 Å². The molecule has 1 heterocycles. The molecule has 2 rings (SSSR count). The lowest BCUT2D eigenvalue weighted by Crippen LogP contribution is -2.24. The second-order valence-corrected chi connectivity index (χ2v) is 6.10. The summed E-state index contributed by atoms with van der Waals surface area (Å²) in [6.07, 6.45) is -0.622. The van der Waals surface area contributed by atoms with Crippen LogP contribution in [0.5, 0.6) is 0 Å². The number of aliphatic hydroxyl groups is 1. The highest BCUT2D eigenvalue weighted by molar-refractivity contribution is 6.35. The van der Waals surface area contributed by atoms with Gasteiger partial charge in [0.25, 0.3) is 5.91 Å². The maximum atomic E-state index is 12.3. The summed E-state index contributed by atoms with van der Waals surface area (Å²) >= 11 is 11.9. The third kappa shape index (κ3) is 3.46. The van der Waals surface area contributed by atoms with Crippen LogP contribution in [0.1, 0.15) is 45.9 Å². The largest absolute Gasteiger partial charge is 0.389 e. The van der Waals surface area contributed by atoms with Crippen LogP contribution >= 0.6 is 23.2 Å². The monoisotopic (exact) mass is 340 g/mol. The van der Waals surface area contributed by atoms with Crippen LogP contribution in [0.2, 0.25) is 10.0 Å². The molecule has 1 amide bonds. The number of rotatable bonds is 4. The second kappa shape index (κ2) is 6.73. The number of carbonyl (C=O) groups excluding carboxylic acids is 1. The number of halogens is 2. The van der Waals surface area contributed by atoms with E-state index in [4.69, 9.17) is 23.2 Å². The van der Waals surface area contributed by atoms with Crippen LogP contribution in [0.4, 0.5) is 0 Å². The number of H-pyrrole nitrogens is 1. The zero-order valence-electron chi connectivity index (χ0n) is 12.6. The molecule has 0 spiro atoms. The first-order valence-corrected chi connectivity index (χ1v) is 7.66. The fraction of sp³-hybridized carbons (Fsp3) is 0.312. The minimum atomic E-state index is -0.622. The first-order chi connectivity index (χ1) is 10.3. The maximum absolute atomic E-state index is 12.3. The van der Waals surface area contributed by atoms with Crippen molar-refractivity contribution in [2.75, 3.05) is 0 Å². The van der Waals surface area contributed by atoms with Crippen LogP contribution in [0, 0.1) is 13.8 Å². The summed E-state index contributed by atoms with van der Waals surface area (Å²) in [5.74, 6) is -0.237. The third-order valence-electron chi connectivity index (χ3n) is 3.59. The molecule has 22 heavy (non-hydrogen) atoms. The van der Waals surface area contributed by atoms with Gasteiger partial charge in [0, 0.05) is 27.8 Å². The summed E-state index contributed by atoms with van der Waals surface area (Å²) in [5, 5.41) is 13.6. The van der Waals surface area contributed by atoms with E-state index in [9.17, 15) is 9.90 Å². The number of aryl methyl sites for hydroxylation is 1. The predicted octanol–water partition coefficient (Wildman–Crippen LogP) is 3.92. The average molecular weight is 341 g/mol. The average Bonchev–Trinajstić information content (AvgIpc) is 2.72. The first kappa shape index (κ1) is 16.9. The molecular formula is C16H18Cl2N2O2. The Bertz CT molecular complexity index is 708. The molecule has 6 heteroatoms. The Morgan fingerprint density at radius 1 is 1.36 bits per heavy atom. The van der Waals surface area contributed by atoms with Gasteiger partial charge in [-0.1, -0.05) is 29.3 Å². The van der Waals surface area contributed by atoms with Gasteiger partial charge in [0.2, 0.25) is 0 Å². The van der Waals surface area contributed by atoms with Gasteiger partial charge in [-0.3, -0.25) is 4.79 Å². The fourth-order valence-corrected chi connectivity index (χ4v) is 3.02. The van der Waals surface area contributed by atoms with E-state index in [2.05, 4.69) is 10.3 Å². The topological polar surface area (TPSA) is 65.1 Å². The van der Waals surface area contributed by atoms with E-state index in [0.717, 1.165) is 22.4 Å². The van der Waals surface area contributed by atoms with Gasteiger partial charge in [0.05, 0.1) is 6.10 Å². The van der Waals surface area contributed by atoms with Crippen LogP contribution in [0.25, 0.3) is 0 Å². The summed E-state index contributed by atoms with van der Waals surface area (Å²) in [4.78, 5) is 15.3. The van der Waals surface area contributed by atoms with Gasteiger partial charge in [-0.25, -0.2) is 0 Å². The molecule has 1 aromatic heterocycles. The summed E-state index contributed by atoms with van der Waals surface area (Å²) < 4.78 is 0. The second-order valence-electron chi connectivity index (χ2n) is 5.26. The predicted molar refractivity (Wildman–Crippen MR) is 88.5 cm³/mol. The van der Waals surface area contributed by atoms with Crippen molar-refractivity contribution in [3.63, 3.8) is 0 Å². The van der Waals surface area contributed by atoms with Gasteiger partial charge in [0.15, 0.2) is 0 Å². The normalized spacial score (nSPS) is 12.3. The molecule has 0 fully saturated rings. The van der Waals surface area contributed by atoms with Gasteiger partial charge in [-0.15, -0.1) is 0 Å². The highest BCUT2D eigenvalue weighted by Crippen LogP contribution is 2.25. The minimum Gasteiger partial charge on any atom is -0.389 e. The molecule has 0 unspecified atom stereocenters. The van der Waals surface area contributed by atoms with E-state index in [1.807, 2.05) is 13.8 Å². The lowest BCUT2D eigenvalue weighted by atomic mass is 10.1. The molecule has 0 saturated heterocycles. The highest BCUT2D eigenvalue weighted by Gasteiger charge is 2.19. The molecule has 1 atom stereocenters. The molecule has 3 N–H and O–H groups in total. The molecule has 0 aliphatic heterocycles. The lowest BCUT2D eigenvalue weighted by Gasteiger charge is -2.08. The molecule has 0 aliphatic carbocycles. The molecule has 0 aliphatic rings. The quantitative estimate of drug-likeness (QED) is 0.789. The number of carbonyl (C=O) groups is 1. The van der Waals surface area contributed by atoms with Crippen molar-refractivity contribution in [3.8, 4) is 0 Å². The molecule has 2 aromatic rings. The number of aromatic amines is 1. The smallest absolute Gasteiger partial charge is 0.268 e. The maximum Gasteiger partial charge on any atom is 0.268 e. The number of hydrogen-bond donors (Lipinski definition) is 3. The standard InChI is InChI=1S/C16H18Cl2N2O2/c1-8-14(10(3)21)9(2)20-15(8)16(22)19-7-11-4-5-12(17)6-13(11)18/h4-6,10,20-21H,7H2,1-3H3,(H,19,22)/t10-/m0/s1.